The SMILES string of the molecule is Cc1c(C(=O)N[C@H]2CCCCC[C@H]2C(=O)O)oc2c1C(=O)CCC2. The molecule has 0 unspecified atom stereocenters. The van der Waals surface area contributed by atoms with Crippen LogP contribution in [0, 0.1) is 12.8 Å². The van der Waals surface area contributed by atoms with Crippen LogP contribution in [0.5, 0.6) is 0 Å². The molecule has 0 bridgehead atoms. The fraction of sp³-hybridized carbons (Fsp3) is 0.611. The lowest BCUT2D eigenvalue weighted by atomic mass is 9.93. The van der Waals surface area contributed by atoms with Crippen molar-refractivity contribution in [3.63, 3.8) is 0 Å². The molecule has 1 heterocycles. The molecule has 1 amide bonds. The third-order valence-electron chi connectivity index (χ3n) is 5.16. The first-order chi connectivity index (χ1) is 11.5. The minimum Gasteiger partial charge on any atom is -0.481 e. The van der Waals surface area contributed by atoms with Gasteiger partial charge in [0.05, 0.1) is 11.5 Å². The Labute approximate surface area is 140 Å². The molecule has 1 saturated carbocycles. The summed E-state index contributed by atoms with van der Waals surface area (Å²) in [6.45, 7) is 1.72. The van der Waals surface area contributed by atoms with Gasteiger partial charge in [-0.25, -0.2) is 0 Å². The summed E-state index contributed by atoms with van der Waals surface area (Å²) in [7, 11) is 0. The number of hydrogen-bond donors (Lipinski definition) is 2. The number of aliphatic carboxylic acids is 1. The van der Waals surface area contributed by atoms with Crippen molar-refractivity contribution in [2.24, 2.45) is 5.92 Å². The zero-order valence-corrected chi connectivity index (χ0v) is 13.9. The first kappa shape index (κ1) is 16.7. The van der Waals surface area contributed by atoms with E-state index in [-0.39, 0.29) is 11.5 Å². The zero-order valence-electron chi connectivity index (χ0n) is 13.9. The molecule has 0 aromatic carbocycles. The standard InChI is InChI=1S/C18H23NO5/c1-10-15-13(20)8-5-9-14(15)24-16(10)17(21)19-12-7-4-2-3-6-11(12)18(22)23/h11-12H,2-9H2,1H3,(H,19,21)(H,22,23)/t11-,12+/m1/s1. The van der Waals surface area contributed by atoms with E-state index in [1.54, 1.807) is 6.92 Å². The van der Waals surface area contributed by atoms with Crippen LogP contribution in [-0.4, -0.2) is 28.8 Å². The maximum atomic E-state index is 12.6. The Morgan fingerprint density at radius 1 is 1.12 bits per heavy atom. The van der Waals surface area contributed by atoms with Gasteiger partial charge in [0.25, 0.3) is 5.91 Å². The van der Waals surface area contributed by atoms with E-state index in [4.69, 9.17) is 4.42 Å². The number of furan rings is 1. The van der Waals surface area contributed by atoms with Crippen LogP contribution < -0.4 is 5.32 Å². The van der Waals surface area contributed by atoms with E-state index >= 15 is 0 Å². The van der Waals surface area contributed by atoms with Crippen molar-refractivity contribution in [3.8, 4) is 0 Å². The summed E-state index contributed by atoms with van der Waals surface area (Å²) in [5, 5.41) is 12.3. The summed E-state index contributed by atoms with van der Waals surface area (Å²) in [4.78, 5) is 36.2. The fourth-order valence-corrected chi connectivity index (χ4v) is 3.88. The van der Waals surface area contributed by atoms with Gasteiger partial charge in [-0.05, 0) is 26.2 Å². The van der Waals surface area contributed by atoms with Gasteiger partial charge in [-0.2, -0.15) is 0 Å². The Morgan fingerprint density at radius 2 is 1.88 bits per heavy atom. The number of fused-ring (bicyclic) bond motifs is 1. The monoisotopic (exact) mass is 333 g/mol. The number of rotatable bonds is 3. The van der Waals surface area contributed by atoms with Crippen molar-refractivity contribution >= 4 is 17.7 Å². The van der Waals surface area contributed by atoms with Crippen molar-refractivity contribution in [1.82, 2.24) is 5.32 Å². The molecular weight excluding hydrogens is 310 g/mol. The summed E-state index contributed by atoms with van der Waals surface area (Å²) in [6, 6.07) is -0.394. The highest BCUT2D eigenvalue weighted by molar-refractivity contribution is 6.03. The van der Waals surface area contributed by atoms with Gasteiger partial charge in [0.1, 0.15) is 5.76 Å². The van der Waals surface area contributed by atoms with Gasteiger partial charge < -0.3 is 14.8 Å². The highest BCUT2D eigenvalue weighted by Crippen LogP contribution is 2.30. The van der Waals surface area contributed by atoms with Crippen LogP contribution in [0.25, 0.3) is 0 Å². The molecule has 1 aromatic heterocycles. The zero-order chi connectivity index (χ0) is 17.3. The topological polar surface area (TPSA) is 96.6 Å². The van der Waals surface area contributed by atoms with E-state index in [0.717, 1.165) is 25.7 Å². The minimum absolute atomic E-state index is 0.0226. The van der Waals surface area contributed by atoms with Crippen molar-refractivity contribution in [3.05, 3.63) is 22.6 Å². The van der Waals surface area contributed by atoms with Gasteiger partial charge in [0.15, 0.2) is 11.5 Å². The molecule has 2 N–H and O–H groups in total. The molecule has 3 rings (SSSR count). The molecule has 6 heteroatoms. The number of amides is 1. The molecule has 6 nitrogen and oxygen atoms in total. The number of carbonyl (C=O) groups is 3. The van der Waals surface area contributed by atoms with Gasteiger partial charge in [-0.3, -0.25) is 14.4 Å². The Morgan fingerprint density at radius 3 is 2.58 bits per heavy atom. The average molecular weight is 333 g/mol. The number of Topliss-reactive ketones (excluding diaryl/α,β-unsaturated/α-hetero) is 1. The quantitative estimate of drug-likeness (QED) is 0.829. The molecule has 0 aliphatic heterocycles. The van der Waals surface area contributed by atoms with E-state index in [1.165, 1.54) is 0 Å². The highest BCUT2D eigenvalue weighted by atomic mass is 16.4. The van der Waals surface area contributed by atoms with E-state index in [2.05, 4.69) is 5.32 Å². The van der Waals surface area contributed by atoms with Crippen LogP contribution in [0.2, 0.25) is 0 Å². The normalized spacial score (nSPS) is 24.1. The summed E-state index contributed by atoms with van der Waals surface area (Å²) in [5.41, 5.74) is 1.12. The lowest BCUT2D eigenvalue weighted by molar-refractivity contribution is -0.142. The highest BCUT2D eigenvalue weighted by Gasteiger charge is 2.33. The summed E-state index contributed by atoms with van der Waals surface area (Å²) in [6.07, 6.45) is 5.87. The number of carbonyl (C=O) groups excluding carboxylic acids is 2. The molecule has 1 fully saturated rings. The molecule has 130 valence electrons. The predicted molar refractivity (Wildman–Crippen MR) is 86.2 cm³/mol. The maximum Gasteiger partial charge on any atom is 0.308 e. The van der Waals surface area contributed by atoms with Crippen molar-refractivity contribution < 1.29 is 23.9 Å². The number of hydrogen-bond acceptors (Lipinski definition) is 4. The average Bonchev–Trinajstić information content (AvgIpc) is 2.72. The van der Waals surface area contributed by atoms with E-state index in [0.29, 0.717) is 42.6 Å². The number of carboxylic acid groups (broad SMARTS) is 1. The molecule has 24 heavy (non-hydrogen) atoms. The second kappa shape index (κ2) is 6.79. The smallest absolute Gasteiger partial charge is 0.308 e. The number of aryl methyl sites for hydroxylation is 1. The number of carboxylic acids is 1. The third kappa shape index (κ3) is 3.09. The van der Waals surface area contributed by atoms with E-state index in [9.17, 15) is 19.5 Å². The Kier molecular flexibility index (Phi) is 4.73. The van der Waals surface area contributed by atoms with Crippen LogP contribution in [0.4, 0.5) is 0 Å². The Hall–Kier alpha value is -2.11. The summed E-state index contributed by atoms with van der Waals surface area (Å²) < 4.78 is 5.66. The first-order valence-corrected chi connectivity index (χ1v) is 8.68. The molecule has 0 saturated heterocycles. The second-order valence-corrected chi connectivity index (χ2v) is 6.79. The molecule has 2 atom stereocenters. The van der Waals surface area contributed by atoms with Crippen LogP contribution in [-0.2, 0) is 11.2 Å². The summed E-state index contributed by atoms with van der Waals surface area (Å²) in [5.74, 6) is -1.08. The van der Waals surface area contributed by atoms with Gasteiger partial charge in [0, 0.05) is 24.4 Å². The maximum absolute atomic E-state index is 12.6. The van der Waals surface area contributed by atoms with E-state index in [1.807, 2.05) is 0 Å². The van der Waals surface area contributed by atoms with Gasteiger partial charge >= 0.3 is 5.97 Å². The van der Waals surface area contributed by atoms with E-state index < -0.39 is 23.8 Å². The molecule has 1 aromatic rings. The molecular formula is C18H23NO5. The molecule has 2 aliphatic rings. The first-order valence-electron chi connectivity index (χ1n) is 8.68. The molecule has 0 spiro atoms. The number of nitrogens with one attached hydrogen (secondary N) is 1. The van der Waals surface area contributed by atoms with Gasteiger partial charge in [0.2, 0.25) is 0 Å². The minimum atomic E-state index is -0.868. The van der Waals surface area contributed by atoms with Gasteiger partial charge in [-0.15, -0.1) is 0 Å². The van der Waals surface area contributed by atoms with Crippen LogP contribution in [0.15, 0.2) is 4.42 Å². The predicted octanol–water partition coefficient (Wildman–Crippen LogP) is 2.87. The molecule has 2 aliphatic carbocycles. The second-order valence-electron chi connectivity index (χ2n) is 6.79. The van der Waals surface area contributed by atoms with Crippen molar-refractivity contribution in [1.29, 1.82) is 0 Å². The molecule has 0 radical (unpaired) electrons. The van der Waals surface area contributed by atoms with Crippen LogP contribution >= 0.6 is 0 Å². The lowest BCUT2D eigenvalue weighted by Gasteiger charge is -2.22. The van der Waals surface area contributed by atoms with Crippen molar-refractivity contribution in [2.45, 2.75) is 64.3 Å². The number of ketones is 1. The summed E-state index contributed by atoms with van der Waals surface area (Å²) >= 11 is 0. The Balaban J connectivity index is 1.81. The Bertz CT molecular complexity index is 675. The van der Waals surface area contributed by atoms with Crippen LogP contribution in [0.1, 0.15) is 77.2 Å². The largest absolute Gasteiger partial charge is 0.481 e. The van der Waals surface area contributed by atoms with Gasteiger partial charge in [-0.1, -0.05) is 19.3 Å². The van der Waals surface area contributed by atoms with Crippen molar-refractivity contribution in [2.75, 3.05) is 0 Å². The van der Waals surface area contributed by atoms with Crippen LogP contribution in [0.3, 0.4) is 0 Å². The third-order valence-corrected chi connectivity index (χ3v) is 5.16. The lowest BCUT2D eigenvalue weighted by Crippen LogP contribution is -2.42. The fourth-order valence-electron chi connectivity index (χ4n) is 3.88.